The molecule has 0 saturated carbocycles. The van der Waals surface area contributed by atoms with E-state index in [1.165, 1.54) is 30.6 Å². The molecule has 19 heavy (non-hydrogen) atoms. The lowest BCUT2D eigenvalue weighted by molar-refractivity contribution is 0.779. The van der Waals surface area contributed by atoms with Gasteiger partial charge in [-0.3, -0.25) is 0 Å². The van der Waals surface area contributed by atoms with Crippen molar-refractivity contribution in [3.05, 3.63) is 35.9 Å². The second-order valence-corrected chi connectivity index (χ2v) is 6.51. The maximum atomic E-state index is 2.28. The fraction of sp³-hybridized carbons (Fsp3) is 0.647. The Bertz CT molecular complexity index is 247. The van der Waals surface area contributed by atoms with E-state index >= 15 is 0 Å². The average molecular weight is 301 g/mol. The molecule has 1 unspecified atom stereocenters. The molecular formula is C17H32S2. The zero-order chi connectivity index (χ0) is 14.9. The molecule has 0 saturated heterocycles. The third-order valence-electron chi connectivity index (χ3n) is 2.31. The maximum absolute atomic E-state index is 2.28. The number of hydrogen-bond donors (Lipinski definition) is 0. The second-order valence-electron chi connectivity index (χ2n) is 3.68. The van der Waals surface area contributed by atoms with Crippen molar-refractivity contribution < 1.29 is 0 Å². The molecule has 0 aromatic heterocycles. The van der Waals surface area contributed by atoms with Gasteiger partial charge in [0.1, 0.15) is 0 Å². The van der Waals surface area contributed by atoms with Crippen molar-refractivity contribution in [3.63, 3.8) is 0 Å². The number of rotatable bonds is 7. The first-order valence-corrected chi connectivity index (χ1v) is 10.1. The Balaban J connectivity index is 0. The van der Waals surface area contributed by atoms with E-state index in [4.69, 9.17) is 0 Å². The van der Waals surface area contributed by atoms with E-state index in [1.54, 1.807) is 0 Å². The molecule has 0 bridgehead atoms. The van der Waals surface area contributed by atoms with Crippen molar-refractivity contribution in [2.24, 2.45) is 0 Å². The summed E-state index contributed by atoms with van der Waals surface area (Å²) in [4.78, 5) is 0. The molecule has 2 heteroatoms. The summed E-state index contributed by atoms with van der Waals surface area (Å²) in [5.41, 5.74) is 1.44. The minimum Gasteiger partial charge on any atom is -0.0935 e. The zero-order valence-electron chi connectivity index (χ0n) is 13.6. The fourth-order valence-corrected chi connectivity index (χ4v) is 3.82. The molecule has 0 aliphatic carbocycles. The predicted octanol–water partition coefficient (Wildman–Crippen LogP) is 7.37. The highest BCUT2D eigenvalue weighted by atomic mass is 33.1. The summed E-state index contributed by atoms with van der Waals surface area (Å²) in [6, 6.07) is 10.7. The van der Waals surface area contributed by atoms with Gasteiger partial charge in [-0.15, -0.1) is 0 Å². The van der Waals surface area contributed by atoms with Crippen LogP contribution in [-0.2, 0) is 0 Å². The number of hydrogen-bond acceptors (Lipinski definition) is 2. The van der Waals surface area contributed by atoms with Gasteiger partial charge in [-0.1, -0.05) is 99.4 Å². The Hall–Kier alpha value is -0.0800. The standard InChI is InChI=1S/C13H20S2.2C2H6/c1-3-4-8-11-14-15-12(2)13-9-6-5-7-10-13;2*1-2/h5-7,9-10,12H,3-4,8,11H2,1-2H3;2*1-2H3. The van der Waals surface area contributed by atoms with Crippen LogP contribution in [0.1, 0.15) is 71.6 Å². The lowest BCUT2D eigenvalue weighted by Crippen LogP contribution is -1.85. The van der Waals surface area contributed by atoms with Crippen LogP contribution in [-0.4, -0.2) is 5.75 Å². The largest absolute Gasteiger partial charge is 0.0935 e. The van der Waals surface area contributed by atoms with Crippen molar-refractivity contribution in [1.82, 2.24) is 0 Å². The Morgan fingerprint density at radius 1 is 0.947 bits per heavy atom. The smallest absolute Gasteiger partial charge is 0.0372 e. The van der Waals surface area contributed by atoms with Gasteiger partial charge < -0.3 is 0 Å². The van der Waals surface area contributed by atoms with Crippen LogP contribution in [0.4, 0.5) is 0 Å². The summed E-state index contributed by atoms with van der Waals surface area (Å²) in [6.45, 7) is 12.5. The van der Waals surface area contributed by atoms with E-state index in [0.717, 1.165) is 0 Å². The monoisotopic (exact) mass is 300 g/mol. The van der Waals surface area contributed by atoms with Crippen LogP contribution >= 0.6 is 21.6 Å². The van der Waals surface area contributed by atoms with Gasteiger partial charge in [-0.05, 0) is 18.9 Å². The van der Waals surface area contributed by atoms with Crippen LogP contribution in [0, 0.1) is 0 Å². The highest BCUT2D eigenvalue weighted by Gasteiger charge is 2.04. The molecule has 0 radical (unpaired) electrons. The zero-order valence-corrected chi connectivity index (χ0v) is 15.2. The highest BCUT2D eigenvalue weighted by Crippen LogP contribution is 2.37. The van der Waals surface area contributed by atoms with E-state index < -0.39 is 0 Å². The Morgan fingerprint density at radius 3 is 2.05 bits per heavy atom. The topological polar surface area (TPSA) is 0 Å². The molecule has 1 aromatic rings. The molecule has 0 N–H and O–H groups in total. The summed E-state index contributed by atoms with van der Waals surface area (Å²) in [7, 11) is 4.01. The van der Waals surface area contributed by atoms with Gasteiger partial charge in [0.05, 0.1) is 0 Å². The molecule has 1 rings (SSSR count). The first-order valence-electron chi connectivity index (χ1n) is 7.67. The molecule has 0 aliphatic rings. The third kappa shape index (κ3) is 12.7. The summed E-state index contributed by atoms with van der Waals surface area (Å²) in [5.74, 6) is 1.29. The van der Waals surface area contributed by atoms with Crippen molar-refractivity contribution in [2.45, 2.75) is 66.1 Å². The molecular weight excluding hydrogens is 268 g/mol. The third-order valence-corrected chi connectivity index (χ3v) is 5.24. The van der Waals surface area contributed by atoms with Gasteiger partial charge in [0.2, 0.25) is 0 Å². The maximum Gasteiger partial charge on any atom is 0.0372 e. The van der Waals surface area contributed by atoms with Gasteiger partial charge in [0, 0.05) is 11.0 Å². The minimum atomic E-state index is 0.609. The molecule has 0 amide bonds. The molecule has 0 nitrogen and oxygen atoms in total. The first kappa shape index (κ1) is 21.2. The Kier molecular flexibility index (Phi) is 20.0. The molecule has 1 atom stereocenters. The SMILES string of the molecule is CC.CC.CCCCCSSC(C)c1ccccc1. The van der Waals surface area contributed by atoms with Gasteiger partial charge >= 0.3 is 0 Å². The van der Waals surface area contributed by atoms with Crippen molar-refractivity contribution >= 4 is 21.6 Å². The van der Waals surface area contributed by atoms with E-state index in [-0.39, 0.29) is 0 Å². The summed E-state index contributed by atoms with van der Waals surface area (Å²) < 4.78 is 0. The van der Waals surface area contributed by atoms with Crippen molar-refractivity contribution in [1.29, 1.82) is 0 Å². The van der Waals surface area contributed by atoms with E-state index in [9.17, 15) is 0 Å². The molecule has 0 aliphatic heterocycles. The molecule has 0 heterocycles. The van der Waals surface area contributed by atoms with Gasteiger partial charge in [-0.2, -0.15) is 0 Å². The van der Waals surface area contributed by atoms with Crippen LogP contribution in [0.5, 0.6) is 0 Å². The number of benzene rings is 1. The number of unbranched alkanes of at least 4 members (excludes halogenated alkanes) is 2. The highest BCUT2D eigenvalue weighted by molar-refractivity contribution is 8.76. The summed E-state index contributed by atoms with van der Waals surface area (Å²) in [6.07, 6.45) is 4.04. The van der Waals surface area contributed by atoms with Crippen LogP contribution in [0.2, 0.25) is 0 Å². The first-order chi connectivity index (χ1) is 9.34. The quantitative estimate of drug-likeness (QED) is 0.381. The minimum absolute atomic E-state index is 0.609. The van der Waals surface area contributed by atoms with Crippen LogP contribution in [0.25, 0.3) is 0 Å². The lowest BCUT2D eigenvalue weighted by Gasteiger charge is -2.10. The van der Waals surface area contributed by atoms with Crippen molar-refractivity contribution in [3.8, 4) is 0 Å². The van der Waals surface area contributed by atoms with Gasteiger partial charge in [-0.25, -0.2) is 0 Å². The molecule has 112 valence electrons. The molecule has 0 fully saturated rings. The van der Waals surface area contributed by atoms with Crippen LogP contribution < -0.4 is 0 Å². The van der Waals surface area contributed by atoms with E-state index in [0.29, 0.717) is 5.25 Å². The van der Waals surface area contributed by atoms with Crippen LogP contribution in [0.15, 0.2) is 30.3 Å². The van der Waals surface area contributed by atoms with Crippen LogP contribution in [0.3, 0.4) is 0 Å². The normalized spacial score (nSPS) is 10.6. The molecule has 0 spiro atoms. The fourth-order valence-electron chi connectivity index (χ4n) is 1.34. The van der Waals surface area contributed by atoms with Crippen molar-refractivity contribution in [2.75, 3.05) is 5.75 Å². The van der Waals surface area contributed by atoms with E-state index in [2.05, 4.69) is 44.2 Å². The predicted molar refractivity (Wildman–Crippen MR) is 97.1 cm³/mol. The van der Waals surface area contributed by atoms with Gasteiger partial charge in [0.25, 0.3) is 0 Å². The lowest BCUT2D eigenvalue weighted by atomic mass is 10.2. The Labute approximate surface area is 129 Å². The molecule has 1 aromatic carbocycles. The second kappa shape index (κ2) is 17.9. The average Bonchev–Trinajstić information content (AvgIpc) is 2.52. The van der Waals surface area contributed by atoms with E-state index in [1.807, 2.05) is 49.3 Å². The Morgan fingerprint density at radius 2 is 1.53 bits per heavy atom. The summed E-state index contributed by atoms with van der Waals surface area (Å²) >= 11 is 0. The summed E-state index contributed by atoms with van der Waals surface area (Å²) in [5, 5.41) is 0.609. The van der Waals surface area contributed by atoms with Gasteiger partial charge in [0.15, 0.2) is 0 Å².